The quantitative estimate of drug-likeness (QED) is 0.745. The minimum atomic E-state index is 0.752. The van der Waals surface area contributed by atoms with Crippen molar-refractivity contribution >= 4 is 0 Å². The van der Waals surface area contributed by atoms with Crippen LogP contribution in [0.25, 0.3) is 0 Å². The third-order valence-electron chi connectivity index (χ3n) is 3.78. The van der Waals surface area contributed by atoms with Crippen LogP contribution in [0.2, 0.25) is 0 Å². The van der Waals surface area contributed by atoms with Crippen LogP contribution in [0.15, 0.2) is 18.2 Å². The zero-order valence-electron chi connectivity index (χ0n) is 12.8. The van der Waals surface area contributed by atoms with E-state index in [1.165, 1.54) is 24.8 Å². The molecule has 0 aromatic heterocycles. The molecule has 112 valence electrons. The summed E-state index contributed by atoms with van der Waals surface area (Å²) >= 11 is 0. The monoisotopic (exact) mass is 277 g/mol. The van der Waals surface area contributed by atoms with Crippen molar-refractivity contribution in [2.75, 3.05) is 19.8 Å². The zero-order chi connectivity index (χ0) is 14.2. The molecule has 1 aromatic rings. The van der Waals surface area contributed by atoms with Crippen molar-refractivity contribution in [3.63, 3.8) is 0 Å². The normalized spacial score (nSPS) is 14.9. The van der Waals surface area contributed by atoms with E-state index in [4.69, 9.17) is 9.47 Å². The molecule has 0 heterocycles. The lowest BCUT2D eigenvalue weighted by Crippen LogP contribution is -2.20. The van der Waals surface area contributed by atoms with Crippen molar-refractivity contribution in [3.8, 4) is 11.5 Å². The Morgan fingerprint density at radius 1 is 1.20 bits per heavy atom. The smallest absolute Gasteiger partial charge is 0.127 e. The molecule has 2 rings (SSSR count). The van der Waals surface area contributed by atoms with Gasteiger partial charge in [-0.25, -0.2) is 0 Å². The van der Waals surface area contributed by atoms with Crippen molar-refractivity contribution in [1.29, 1.82) is 0 Å². The first-order chi connectivity index (χ1) is 9.83. The third kappa shape index (κ3) is 4.41. The van der Waals surface area contributed by atoms with E-state index in [0.29, 0.717) is 0 Å². The lowest BCUT2D eigenvalue weighted by Gasteiger charge is -2.26. The van der Waals surface area contributed by atoms with Crippen LogP contribution in [0, 0.1) is 5.92 Å². The van der Waals surface area contributed by atoms with Crippen molar-refractivity contribution in [2.24, 2.45) is 5.92 Å². The van der Waals surface area contributed by atoms with Gasteiger partial charge in [0, 0.05) is 18.2 Å². The van der Waals surface area contributed by atoms with Crippen molar-refractivity contribution in [2.45, 2.75) is 46.1 Å². The first-order valence-electron chi connectivity index (χ1n) is 7.92. The first kappa shape index (κ1) is 15.2. The molecule has 1 saturated carbocycles. The van der Waals surface area contributed by atoms with E-state index in [0.717, 1.165) is 50.1 Å². The van der Waals surface area contributed by atoms with Crippen LogP contribution in [-0.2, 0) is 6.54 Å². The highest BCUT2D eigenvalue weighted by Gasteiger charge is 2.18. The van der Waals surface area contributed by atoms with Gasteiger partial charge < -0.3 is 14.8 Å². The average molecular weight is 277 g/mol. The lowest BCUT2D eigenvalue weighted by atomic mass is 9.86. The Kier molecular flexibility index (Phi) is 6.19. The standard InChI is InChI=1S/C17H27NO2/c1-3-10-19-16-9-8-15(12-18-4-2)17(11-16)20-13-14-6-5-7-14/h8-9,11,14,18H,3-7,10,12-13H2,1-2H3. The van der Waals surface area contributed by atoms with Crippen LogP contribution in [-0.4, -0.2) is 19.8 Å². The molecule has 0 saturated heterocycles. The van der Waals surface area contributed by atoms with Crippen LogP contribution in [0.5, 0.6) is 11.5 Å². The van der Waals surface area contributed by atoms with Gasteiger partial charge in [0.2, 0.25) is 0 Å². The van der Waals surface area contributed by atoms with E-state index < -0.39 is 0 Å². The molecule has 1 fully saturated rings. The Morgan fingerprint density at radius 2 is 2.05 bits per heavy atom. The maximum absolute atomic E-state index is 6.04. The number of nitrogens with one attached hydrogen (secondary N) is 1. The van der Waals surface area contributed by atoms with Gasteiger partial charge in [0.1, 0.15) is 11.5 Å². The first-order valence-corrected chi connectivity index (χ1v) is 7.92. The summed E-state index contributed by atoms with van der Waals surface area (Å²) in [5.41, 5.74) is 1.22. The van der Waals surface area contributed by atoms with Crippen molar-refractivity contribution in [1.82, 2.24) is 5.32 Å². The van der Waals surface area contributed by atoms with E-state index in [2.05, 4.69) is 25.2 Å². The Labute approximate surface area is 122 Å². The Bertz CT molecular complexity index is 402. The molecule has 0 radical (unpaired) electrons. The molecule has 0 unspecified atom stereocenters. The summed E-state index contributed by atoms with van der Waals surface area (Å²) in [4.78, 5) is 0. The van der Waals surface area contributed by atoms with Gasteiger partial charge in [-0.1, -0.05) is 26.3 Å². The number of ether oxygens (including phenoxy) is 2. The molecule has 0 aliphatic heterocycles. The second-order valence-electron chi connectivity index (χ2n) is 5.51. The summed E-state index contributed by atoms with van der Waals surface area (Å²) in [5.74, 6) is 2.64. The molecule has 1 aliphatic carbocycles. The number of hydrogen-bond acceptors (Lipinski definition) is 3. The zero-order valence-corrected chi connectivity index (χ0v) is 12.8. The maximum atomic E-state index is 6.04. The van der Waals surface area contributed by atoms with E-state index >= 15 is 0 Å². The van der Waals surface area contributed by atoms with Crippen LogP contribution in [0.4, 0.5) is 0 Å². The van der Waals surface area contributed by atoms with Gasteiger partial charge in [0.05, 0.1) is 13.2 Å². The van der Waals surface area contributed by atoms with Gasteiger partial charge in [0.15, 0.2) is 0 Å². The molecule has 0 bridgehead atoms. The molecule has 1 aliphatic rings. The predicted molar refractivity (Wildman–Crippen MR) is 82.4 cm³/mol. The molecule has 1 N–H and O–H groups in total. The number of benzene rings is 1. The number of rotatable bonds is 9. The van der Waals surface area contributed by atoms with Gasteiger partial charge in [-0.3, -0.25) is 0 Å². The van der Waals surface area contributed by atoms with E-state index in [1.54, 1.807) is 0 Å². The summed E-state index contributed by atoms with van der Waals surface area (Å²) < 4.78 is 11.7. The highest BCUT2D eigenvalue weighted by atomic mass is 16.5. The van der Waals surface area contributed by atoms with Crippen LogP contribution in [0.3, 0.4) is 0 Å². The Morgan fingerprint density at radius 3 is 2.70 bits per heavy atom. The highest BCUT2D eigenvalue weighted by molar-refractivity contribution is 5.40. The molecule has 1 aromatic carbocycles. The maximum Gasteiger partial charge on any atom is 0.127 e. The molecule has 3 nitrogen and oxygen atoms in total. The minimum absolute atomic E-state index is 0.752. The molecule has 0 amide bonds. The Hall–Kier alpha value is -1.22. The van der Waals surface area contributed by atoms with Crippen LogP contribution >= 0.6 is 0 Å². The summed E-state index contributed by atoms with van der Waals surface area (Å²) in [6.45, 7) is 7.66. The summed E-state index contributed by atoms with van der Waals surface area (Å²) in [6.07, 6.45) is 5.01. The Balaban J connectivity index is 2.00. The number of hydrogen-bond donors (Lipinski definition) is 1. The molecule has 0 spiro atoms. The van der Waals surface area contributed by atoms with E-state index in [1.807, 2.05) is 12.1 Å². The molecular formula is C17H27NO2. The van der Waals surface area contributed by atoms with Gasteiger partial charge in [0.25, 0.3) is 0 Å². The molecule has 20 heavy (non-hydrogen) atoms. The van der Waals surface area contributed by atoms with E-state index in [-0.39, 0.29) is 0 Å². The molecular weight excluding hydrogens is 250 g/mol. The summed E-state index contributed by atoms with van der Waals surface area (Å²) in [7, 11) is 0. The van der Waals surface area contributed by atoms with Gasteiger partial charge in [-0.15, -0.1) is 0 Å². The summed E-state index contributed by atoms with van der Waals surface area (Å²) in [6, 6.07) is 6.20. The summed E-state index contributed by atoms with van der Waals surface area (Å²) in [5, 5.41) is 3.36. The van der Waals surface area contributed by atoms with E-state index in [9.17, 15) is 0 Å². The second-order valence-corrected chi connectivity index (χ2v) is 5.51. The van der Waals surface area contributed by atoms with Crippen LogP contribution < -0.4 is 14.8 Å². The van der Waals surface area contributed by atoms with Gasteiger partial charge in [-0.05, 0) is 37.8 Å². The topological polar surface area (TPSA) is 30.5 Å². The molecule has 0 atom stereocenters. The lowest BCUT2D eigenvalue weighted by molar-refractivity contribution is 0.178. The van der Waals surface area contributed by atoms with Crippen molar-refractivity contribution < 1.29 is 9.47 Å². The third-order valence-corrected chi connectivity index (χ3v) is 3.78. The fraction of sp³-hybridized carbons (Fsp3) is 0.647. The van der Waals surface area contributed by atoms with Gasteiger partial charge >= 0.3 is 0 Å². The fourth-order valence-corrected chi connectivity index (χ4v) is 2.25. The fourth-order valence-electron chi connectivity index (χ4n) is 2.25. The average Bonchev–Trinajstić information content (AvgIpc) is 2.42. The predicted octanol–water partition coefficient (Wildman–Crippen LogP) is 3.76. The SMILES string of the molecule is CCCOc1ccc(CNCC)c(OCC2CCC2)c1. The van der Waals surface area contributed by atoms with Gasteiger partial charge in [-0.2, -0.15) is 0 Å². The molecule has 3 heteroatoms. The van der Waals surface area contributed by atoms with Crippen molar-refractivity contribution in [3.05, 3.63) is 23.8 Å². The minimum Gasteiger partial charge on any atom is -0.493 e. The second kappa shape index (κ2) is 8.15. The largest absolute Gasteiger partial charge is 0.493 e. The highest BCUT2D eigenvalue weighted by Crippen LogP contribution is 2.30. The van der Waals surface area contributed by atoms with Crippen LogP contribution in [0.1, 0.15) is 45.1 Å².